The lowest BCUT2D eigenvalue weighted by Crippen LogP contribution is -2.26. The second-order valence-electron chi connectivity index (χ2n) is 5.90. The molecule has 4 heteroatoms. The van der Waals surface area contributed by atoms with Crippen LogP contribution in [0, 0.1) is 0 Å². The summed E-state index contributed by atoms with van der Waals surface area (Å²) >= 11 is 0. The van der Waals surface area contributed by atoms with Gasteiger partial charge < -0.3 is 9.88 Å². The Morgan fingerprint density at radius 2 is 2.17 bits per heavy atom. The Labute approximate surface area is 136 Å². The molecule has 0 saturated heterocycles. The Kier molecular flexibility index (Phi) is 4.42. The second-order valence-corrected chi connectivity index (χ2v) is 5.90. The van der Waals surface area contributed by atoms with Crippen molar-refractivity contribution in [1.29, 1.82) is 0 Å². The molecule has 4 nitrogen and oxygen atoms in total. The number of carbonyl (C=O) groups excluding carboxylic acids is 1. The van der Waals surface area contributed by atoms with Gasteiger partial charge in [-0.05, 0) is 54.1 Å². The van der Waals surface area contributed by atoms with Crippen molar-refractivity contribution in [3.8, 4) is 0 Å². The van der Waals surface area contributed by atoms with Crippen LogP contribution in [0.2, 0.25) is 0 Å². The first-order valence-electron chi connectivity index (χ1n) is 7.87. The molecule has 0 aliphatic heterocycles. The Hall–Kier alpha value is -2.62. The van der Waals surface area contributed by atoms with Gasteiger partial charge in [-0.2, -0.15) is 0 Å². The Morgan fingerprint density at radius 3 is 2.96 bits per heavy atom. The van der Waals surface area contributed by atoms with E-state index in [1.807, 2.05) is 26.1 Å². The zero-order chi connectivity index (χ0) is 16.2. The summed E-state index contributed by atoms with van der Waals surface area (Å²) in [6.07, 6.45) is 6.81. The number of aromatic nitrogens is 2. The Balaban J connectivity index is 1.57. The number of hydrogen-bond donors (Lipinski definition) is 1. The SMILES string of the molecule is C[C@H](NC(=O)CCc1ccc2c(ccn2C)c1)c1cccnc1. The number of nitrogens with zero attached hydrogens (tertiary/aromatic N) is 2. The number of pyridine rings is 1. The molecule has 0 fully saturated rings. The number of aryl methyl sites for hydroxylation is 2. The van der Waals surface area contributed by atoms with E-state index in [4.69, 9.17) is 0 Å². The van der Waals surface area contributed by atoms with Gasteiger partial charge >= 0.3 is 0 Å². The van der Waals surface area contributed by atoms with Crippen LogP contribution >= 0.6 is 0 Å². The summed E-state index contributed by atoms with van der Waals surface area (Å²) < 4.78 is 2.10. The topological polar surface area (TPSA) is 46.9 Å². The number of fused-ring (bicyclic) bond motifs is 1. The van der Waals surface area contributed by atoms with Gasteiger partial charge in [-0.15, -0.1) is 0 Å². The van der Waals surface area contributed by atoms with Gasteiger partial charge in [-0.25, -0.2) is 0 Å². The highest BCUT2D eigenvalue weighted by Crippen LogP contribution is 2.18. The van der Waals surface area contributed by atoms with Crippen LogP contribution in [-0.2, 0) is 18.3 Å². The standard InChI is InChI=1S/C19H21N3O/c1-14(17-4-3-10-20-13-17)21-19(23)8-6-15-5-7-18-16(12-15)9-11-22(18)2/h3-5,7,9-14H,6,8H2,1-2H3,(H,21,23)/t14-/m0/s1. The third-order valence-electron chi connectivity index (χ3n) is 4.15. The van der Waals surface area contributed by atoms with Gasteiger partial charge in [0.2, 0.25) is 5.91 Å². The van der Waals surface area contributed by atoms with Gasteiger partial charge in [0, 0.05) is 37.6 Å². The molecule has 0 radical (unpaired) electrons. The van der Waals surface area contributed by atoms with Crippen LogP contribution in [0.25, 0.3) is 10.9 Å². The molecule has 0 aliphatic rings. The van der Waals surface area contributed by atoms with E-state index in [0.29, 0.717) is 6.42 Å². The third-order valence-corrected chi connectivity index (χ3v) is 4.15. The Morgan fingerprint density at radius 1 is 1.30 bits per heavy atom. The molecule has 2 aromatic heterocycles. The summed E-state index contributed by atoms with van der Waals surface area (Å²) in [6, 6.07) is 12.3. The van der Waals surface area contributed by atoms with Gasteiger partial charge in [0.25, 0.3) is 0 Å². The lowest BCUT2D eigenvalue weighted by Gasteiger charge is -2.13. The molecular weight excluding hydrogens is 286 g/mol. The molecule has 1 amide bonds. The van der Waals surface area contributed by atoms with Crippen LogP contribution in [0.15, 0.2) is 55.0 Å². The molecule has 1 aromatic carbocycles. The lowest BCUT2D eigenvalue weighted by atomic mass is 10.1. The van der Waals surface area contributed by atoms with E-state index in [2.05, 4.69) is 45.3 Å². The van der Waals surface area contributed by atoms with Crippen molar-refractivity contribution in [3.05, 3.63) is 66.1 Å². The van der Waals surface area contributed by atoms with Crippen molar-refractivity contribution in [2.75, 3.05) is 0 Å². The highest BCUT2D eigenvalue weighted by molar-refractivity contribution is 5.81. The molecule has 118 valence electrons. The zero-order valence-electron chi connectivity index (χ0n) is 13.5. The number of rotatable bonds is 5. The molecule has 2 heterocycles. The highest BCUT2D eigenvalue weighted by Gasteiger charge is 2.10. The molecular formula is C19H21N3O. The molecule has 0 bridgehead atoms. The van der Waals surface area contributed by atoms with Crippen molar-refractivity contribution in [2.24, 2.45) is 7.05 Å². The predicted octanol–water partition coefficient (Wildman–Crippen LogP) is 3.38. The minimum Gasteiger partial charge on any atom is -0.351 e. The first kappa shape index (κ1) is 15.3. The Bertz CT molecular complexity index is 808. The van der Waals surface area contributed by atoms with Crippen LogP contribution in [0.5, 0.6) is 0 Å². The molecule has 3 rings (SSSR count). The quantitative estimate of drug-likeness (QED) is 0.785. The van der Waals surface area contributed by atoms with E-state index < -0.39 is 0 Å². The van der Waals surface area contributed by atoms with Gasteiger partial charge in [0.05, 0.1) is 6.04 Å². The summed E-state index contributed by atoms with van der Waals surface area (Å²) in [5.41, 5.74) is 3.42. The fraction of sp³-hybridized carbons (Fsp3) is 0.263. The second kappa shape index (κ2) is 6.65. The lowest BCUT2D eigenvalue weighted by molar-refractivity contribution is -0.121. The molecule has 0 aliphatic carbocycles. The summed E-state index contributed by atoms with van der Waals surface area (Å²) in [4.78, 5) is 16.2. The van der Waals surface area contributed by atoms with Crippen molar-refractivity contribution in [1.82, 2.24) is 14.9 Å². The van der Waals surface area contributed by atoms with Crippen LogP contribution in [0.1, 0.15) is 30.5 Å². The van der Waals surface area contributed by atoms with Crippen molar-refractivity contribution in [2.45, 2.75) is 25.8 Å². The van der Waals surface area contributed by atoms with E-state index in [9.17, 15) is 4.79 Å². The summed E-state index contributed by atoms with van der Waals surface area (Å²) in [6.45, 7) is 1.98. The van der Waals surface area contributed by atoms with E-state index in [0.717, 1.165) is 12.0 Å². The minimum absolute atomic E-state index is 0.0206. The predicted molar refractivity (Wildman–Crippen MR) is 92.0 cm³/mol. The van der Waals surface area contributed by atoms with Crippen LogP contribution in [0.4, 0.5) is 0 Å². The van der Waals surface area contributed by atoms with Crippen molar-refractivity contribution < 1.29 is 4.79 Å². The first-order chi connectivity index (χ1) is 11.1. The normalized spacial score (nSPS) is 12.3. The maximum atomic E-state index is 12.1. The third kappa shape index (κ3) is 3.59. The minimum atomic E-state index is -0.0206. The summed E-state index contributed by atoms with van der Waals surface area (Å²) in [5.74, 6) is 0.0644. The zero-order valence-corrected chi connectivity index (χ0v) is 13.5. The molecule has 0 saturated carbocycles. The van der Waals surface area contributed by atoms with E-state index in [1.165, 1.54) is 16.5 Å². The van der Waals surface area contributed by atoms with Gasteiger partial charge in [0.1, 0.15) is 0 Å². The van der Waals surface area contributed by atoms with Gasteiger partial charge in [0.15, 0.2) is 0 Å². The maximum absolute atomic E-state index is 12.1. The largest absolute Gasteiger partial charge is 0.351 e. The number of carbonyl (C=O) groups is 1. The summed E-state index contributed by atoms with van der Waals surface area (Å²) in [5, 5.41) is 4.24. The van der Waals surface area contributed by atoms with Crippen LogP contribution < -0.4 is 5.32 Å². The fourth-order valence-corrected chi connectivity index (χ4v) is 2.77. The van der Waals surface area contributed by atoms with Crippen LogP contribution in [0.3, 0.4) is 0 Å². The molecule has 1 atom stereocenters. The summed E-state index contributed by atoms with van der Waals surface area (Å²) in [7, 11) is 2.04. The monoisotopic (exact) mass is 307 g/mol. The molecule has 1 N–H and O–H groups in total. The molecule has 0 spiro atoms. The molecule has 23 heavy (non-hydrogen) atoms. The molecule has 3 aromatic rings. The van der Waals surface area contributed by atoms with Crippen LogP contribution in [-0.4, -0.2) is 15.5 Å². The van der Waals surface area contributed by atoms with Gasteiger partial charge in [-0.1, -0.05) is 12.1 Å². The van der Waals surface area contributed by atoms with E-state index in [-0.39, 0.29) is 11.9 Å². The first-order valence-corrected chi connectivity index (χ1v) is 7.87. The van der Waals surface area contributed by atoms with E-state index in [1.54, 1.807) is 12.4 Å². The number of benzene rings is 1. The average molecular weight is 307 g/mol. The average Bonchev–Trinajstić information content (AvgIpc) is 2.94. The van der Waals surface area contributed by atoms with Gasteiger partial charge in [-0.3, -0.25) is 9.78 Å². The fourth-order valence-electron chi connectivity index (χ4n) is 2.77. The molecule has 0 unspecified atom stereocenters. The maximum Gasteiger partial charge on any atom is 0.220 e. The number of nitrogens with one attached hydrogen (secondary N) is 1. The highest BCUT2D eigenvalue weighted by atomic mass is 16.1. The smallest absolute Gasteiger partial charge is 0.220 e. The van der Waals surface area contributed by atoms with Crippen molar-refractivity contribution >= 4 is 16.8 Å². The van der Waals surface area contributed by atoms with E-state index >= 15 is 0 Å². The van der Waals surface area contributed by atoms with Crippen molar-refractivity contribution in [3.63, 3.8) is 0 Å². The number of hydrogen-bond acceptors (Lipinski definition) is 2. The number of amides is 1.